The Bertz CT molecular complexity index is 605. The third-order valence-corrected chi connectivity index (χ3v) is 3.94. The van der Waals surface area contributed by atoms with E-state index in [1.807, 2.05) is 0 Å². The summed E-state index contributed by atoms with van der Waals surface area (Å²) in [5.41, 5.74) is 0.520. The number of benzene rings is 1. The first-order valence-corrected chi connectivity index (χ1v) is 7.40. The molecule has 118 valence electrons. The maximum atomic E-state index is 12.1. The van der Waals surface area contributed by atoms with E-state index in [-0.39, 0.29) is 30.7 Å². The van der Waals surface area contributed by atoms with Crippen LogP contribution in [0.5, 0.6) is 0 Å². The van der Waals surface area contributed by atoms with Gasteiger partial charge < -0.3 is 5.32 Å². The molecule has 1 aliphatic rings. The van der Waals surface area contributed by atoms with E-state index in [4.69, 9.17) is 11.6 Å². The monoisotopic (exact) mass is 323 g/mol. The van der Waals surface area contributed by atoms with Crippen LogP contribution in [0.15, 0.2) is 24.3 Å². The number of hydrogen-bond acceptors (Lipinski definition) is 4. The molecule has 0 radical (unpaired) electrons. The lowest BCUT2D eigenvalue weighted by Crippen LogP contribution is -2.43. The van der Waals surface area contributed by atoms with Gasteiger partial charge in [-0.3, -0.25) is 24.2 Å². The lowest BCUT2D eigenvalue weighted by atomic mass is 10.2. The highest BCUT2D eigenvalue weighted by atomic mass is 35.5. The first-order valence-electron chi connectivity index (χ1n) is 7.02. The minimum Gasteiger partial charge on any atom is -0.324 e. The molecule has 2 rings (SSSR count). The van der Waals surface area contributed by atoms with Crippen molar-refractivity contribution in [1.29, 1.82) is 0 Å². The lowest BCUT2D eigenvalue weighted by molar-refractivity contribution is -0.139. The topological polar surface area (TPSA) is 69.7 Å². The number of nitrogens with zero attached hydrogens (tertiary/aromatic N) is 2. The highest BCUT2D eigenvalue weighted by Crippen LogP contribution is 2.21. The van der Waals surface area contributed by atoms with Crippen LogP contribution in [-0.2, 0) is 14.4 Å². The summed E-state index contributed by atoms with van der Waals surface area (Å²) >= 11 is 5.98. The molecule has 0 spiro atoms. The summed E-state index contributed by atoms with van der Waals surface area (Å²) in [5.74, 6) is -0.734. The molecule has 6 nitrogen and oxygen atoms in total. The fourth-order valence-electron chi connectivity index (χ4n) is 2.43. The van der Waals surface area contributed by atoms with E-state index in [1.165, 1.54) is 4.90 Å². The Morgan fingerprint density at radius 3 is 2.68 bits per heavy atom. The molecule has 1 aromatic carbocycles. The fourth-order valence-corrected chi connectivity index (χ4v) is 2.61. The van der Waals surface area contributed by atoms with Crippen LogP contribution in [0.1, 0.15) is 13.3 Å². The van der Waals surface area contributed by atoms with Crippen molar-refractivity contribution in [2.24, 2.45) is 0 Å². The van der Waals surface area contributed by atoms with Crippen molar-refractivity contribution < 1.29 is 14.4 Å². The van der Waals surface area contributed by atoms with E-state index in [0.29, 0.717) is 17.3 Å². The Labute approximate surface area is 134 Å². The van der Waals surface area contributed by atoms with Crippen molar-refractivity contribution in [3.05, 3.63) is 29.3 Å². The number of hydrogen-bond donors (Lipinski definition) is 1. The largest absolute Gasteiger partial charge is 0.324 e. The van der Waals surface area contributed by atoms with Gasteiger partial charge in [-0.05, 0) is 26.1 Å². The van der Waals surface area contributed by atoms with Gasteiger partial charge in [0.1, 0.15) is 0 Å². The van der Waals surface area contributed by atoms with Crippen molar-refractivity contribution in [1.82, 2.24) is 9.80 Å². The fraction of sp³-hybridized carbons (Fsp3) is 0.400. The van der Waals surface area contributed by atoms with Crippen molar-refractivity contribution in [2.75, 3.05) is 25.5 Å². The molecule has 1 fully saturated rings. The van der Waals surface area contributed by atoms with Crippen LogP contribution >= 0.6 is 11.6 Å². The molecule has 22 heavy (non-hydrogen) atoms. The predicted molar refractivity (Wildman–Crippen MR) is 83.5 cm³/mol. The maximum Gasteiger partial charge on any atom is 0.247 e. The number of anilines is 1. The van der Waals surface area contributed by atoms with Gasteiger partial charge in [-0.25, -0.2) is 0 Å². The van der Waals surface area contributed by atoms with E-state index < -0.39 is 6.04 Å². The van der Waals surface area contributed by atoms with Crippen LogP contribution in [0, 0.1) is 0 Å². The number of para-hydroxylation sites is 1. The van der Waals surface area contributed by atoms with E-state index in [0.717, 1.165) is 0 Å². The van der Waals surface area contributed by atoms with Gasteiger partial charge in [0.2, 0.25) is 17.7 Å². The Balaban J connectivity index is 1.96. The number of likely N-dealkylation sites (N-methyl/N-ethyl adjacent to an activating group) is 2. The predicted octanol–water partition coefficient (Wildman–Crippen LogP) is 1.36. The van der Waals surface area contributed by atoms with E-state index in [9.17, 15) is 14.4 Å². The number of imide groups is 1. The van der Waals surface area contributed by atoms with Crippen LogP contribution in [0.2, 0.25) is 5.02 Å². The molecule has 1 aromatic rings. The number of carbonyl (C=O) groups excluding carboxylic acids is 3. The van der Waals surface area contributed by atoms with Crippen molar-refractivity contribution >= 4 is 35.0 Å². The number of likely N-dealkylation sites (tertiary alicyclic amines) is 1. The molecule has 1 heterocycles. The minimum atomic E-state index is -0.579. The molecule has 0 unspecified atom stereocenters. The summed E-state index contributed by atoms with van der Waals surface area (Å²) in [4.78, 5) is 38.7. The van der Waals surface area contributed by atoms with Gasteiger partial charge in [0, 0.05) is 6.54 Å². The van der Waals surface area contributed by atoms with Gasteiger partial charge in [0.05, 0.1) is 29.7 Å². The number of amides is 3. The molecule has 1 atom stereocenters. The van der Waals surface area contributed by atoms with Crippen molar-refractivity contribution in [3.63, 3.8) is 0 Å². The smallest absolute Gasteiger partial charge is 0.247 e. The van der Waals surface area contributed by atoms with Gasteiger partial charge in [-0.15, -0.1) is 0 Å². The summed E-state index contributed by atoms with van der Waals surface area (Å²) in [6.07, 6.45) is 0.114. The van der Waals surface area contributed by atoms with Crippen LogP contribution in [0.3, 0.4) is 0 Å². The minimum absolute atomic E-state index is 0.00641. The highest BCUT2D eigenvalue weighted by Gasteiger charge is 2.40. The summed E-state index contributed by atoms with van der Waals surface area (Å²) in [5, 5.41) is 3.14. The van der Waals surface area contributed by atoms with E-state index >= 15 is 0 Å². The van der Waals surface area contributed by atoms with Crippen LogP contribution in [0.25, 0.3) is 0 Å². The quantitative estimate of drug-likeness (QED) is 0.831. The van der Waals surface area contributed by atoms with Crippen LogP contribution in [-0.4, -0.2) is 53.7 Å². The van der Waals surface area contributed by atoms with Gasteiger partial charge >= 0.3 is 0 Å². The molecule has 3 amide bonds. The van der Waals surface area contributed by atoms with Crippen LogP contribution < -0.4 is 5.32 Å². The Hall–Kier alpha value is -1.92. The third-order valence-electron chi connectivity index (χ3n) is 3.61. The molecule has 1 saturated heterocycles. The van der Waals surface area contributed by atoms with Crippen LogP contribution in [0.4, 0.5) is 5.69 Å². The average molecular weight is 324 g/mol. The zero-order chi connectivity index (χ0) is 16.3. The standard InChI is InChI=1S/C15H18ClN3O3/c1-3-19-14(21)8-12(15(19)22)18(2)9-13(20)17-11-7-5-4-6-10(11)16/h4-7,12H,3,8-9H2,1-2H3,(H,17,20)/t12-/m0/s1. The molecule has 0 aromatic heterocycles. The van der Waals surface area contributed by atoms with Crippen molar-refractivity contribution in [2.45, 2.75) is 19.4 Å². The molecule has 0 bridgehead atoms. The number of nitrogens with one attached hydrogen (secondary N) is 1. The first-order chi connectivity index (χ1) is 10.4. The second-order valence-electron chi connectivity index (χ2n) is 5.14. The molecule has 0 saturated carbocycles. The van der Waals surface area contributed by atoms with Gasteiger partial charge in [-0.2, -0.15) is 0 Å². The van der Waals surface area contributed by atoms with Gasteiger partial charge in [0.25, 0.3) is 0 Å². The molecule has 7 heteroatoms. The lowest BCUT2D eigenvalue weighted by Gasteiger charge is -2.22. The summed E-state index contributed by atoms with van der Waals surface area (Å²) in [6.45, 7) is 2.11. The highest BCUT2D eigenvalue weighted by molar-refractivity contribution is 6.33. The van der Waals surface area contributed by atoms with Gasteiger partial charge in [-0.1, -0.05) is 23.7 Å². The molecule has 1 N–H and O–H groups in total. The van der Waals surface area contributed by atoms with Crippen molar-refractivity contribution in [3.8, 4) is 0 Å². The summed E-state index contributed by atoms with van der Waals surface area (Å²) in [6, 6.07) is 6.34. The van der Waals surface area contributed by atoms with E-state index in [1.54, 1.807) is 43.1 Å². The second-order valence-corrected chi connectivity index (χ2v) is 5.55. The number of carbonyl (C=O) groups is 3. The number of rotatable bonds is 5. The third kappa shape index (κ3) is 3.45. The Kier molecular flexibility index (Phi) is 5.15. The number of halogens is 1. The van der Waals surface area contributed by atoms with E-state index in [2.05, 4.69) is 5.32 Å². The zero-order valence-electron chi connectivity index (χ0n) is 12.5. The molecule has 0 aliphatic carbocycles. The Morgan fingerprint density at radius 2 is 2.09 bits per heavy atom. The van der Waals surface area contributed by atoms with Gasteiger partial charge in [0.15, 0.2) is 0 Å². The summed E-state index contributed by atoms with van der Waals surface area (Å²) < 4.78 is 0. The maximum absolute atomic E-state index is 12.1. The Morgan fingerprint density at radius 1 is 1.41 bits per heavy atom. The zero-order valence-corrected chi connectivity index (χ0v) is 13.3. The average Bonchev–Trinajstić information content (AvgIpc) is 2.76. The molecular formula is C15H18ClN3O3. The molecule has 1 aliphatic heterocycles. The second kappa shape index (κ2) is 6.89. The SMILES string of the molecule is CCN1C(=O)C[C@H](N(C)CC(=O)Nc2ccccc2Cl)C1=O. The first kappa shape index (κ1) is 16.5. The summed E-state index contributed by atoms with van der Waals surface area (Å²) in [7, 11) is 1.65. The normalized spacial score (nSPS) is 18.2. The molecular weight excluding hydrogens is 306 g/mol.